The summed E-state index contributed by atoms with van der Waals surface area (Å²) in [6.45, 7) is 5.78. The lowest BCUT2D eigenvalue weighted by molar-refractivity contribution is 0.0589. The summed E-state index contributed by atoms with van der Waals surface area (Å²) in [6.07, 6.45) is 4.80. The first kappa shape index (κ1) is 18.6. The molecule has 0 radical (unpaired) electrons. The standard InChI is InChI=1S/C24H26N2O2/c1-17-13-21(6-3-20(17)14-25)26-15-24(16-26)11-9-23(10-12-24)28-22-7-4-19(5-8-22)18(2)27/h3-8,13,23H,9-12,15-16H2,1-2H3. The predicted octanol–water partition coefficient (Wildman–Crippen LogP) is 4.90. The van der Waals surface area contributed by atoms with Crippen LogP contribution < -0.4 is 9.64 Å². The molecular formula is C24H26N2O2. The minimum atomic E-state index is 0.0816. The van der Waals surface area contributed by atoms with Crippen LogP contribution in [0.25, 0.3) is 0 Å². The van der Waals surface area contributed by atoms with Gasteiger partial charge in [0, 0.05) is 29.8 Å². The largest absolute Gasteiger partial charge is 0.490 e. The van der Waals surface area contributed by atoms with Crippen LogP contribution in [-0.4, -0.2) is 25.0 Å². The number of ether oxygens (including phenoxy) is 1. The zero-order valence-electron chi connectivity index (χ0n) is 16.6. The van der Waals surface area contributed by atoms with E-state index in [4.69, 9.17) is 10.00 Å². The van der Waals surface area contributed by atoms with Crippen molar-refractivity contribution in [3.05, 3.63) is 59.2 Å². The second kappa shape index (κ2) is 7.31. The molecular weight excluding hydrogens is 348 g/mol. The molecule has 0 unspecified atom stereocenters. The molecule has 0 aromatic heterocycles. The molecule has 0 bridgehead atoms. The maximum absolute atomic E-state index is 11.4. The fraction of sp³-hybridized carbons (Fsp3) is 0.417. The Balaban J connectivity index is 1.30. The second-order valence-electron chi connectivity index (χ2n) is 8.36. The van der Waals surface area contributed by atoms with Crippen molar-refractivity contribution >= 4 is 11.5 Å². The molecule has 4 heteroatoms. The highest BCUT2D eigenvalue weighted by molar-refractivity contribution is 5.94. The van der Waals surface area contributed by atoms with E-state index in [9.17, 15) is 4.79 Å². The minimum absolute atomic E-state index is 0.0816. The summed E-state index contributed by atoms with van der Waals surface area (Å²) < 4.78 is 6.15. The van der Waals surface area contributed by atoms with Crippen molar-refractivity contribution in [1.82, 2.24) is 0 Å². The third-order valence-electron chi connectivity index (χ3n) is 6.31. The van der Waals surface area contributed by atoms with Gasteiger partial charge in [0.15, 0.2) is 5.78 Å². The number of anilines is 1. The third kappa shape index (κ3) is 3.62. The summed E-state index contributed by atoms with van der Waals surface area (Å²) in [5, 5.41) is 9.10. The average Bonchev–Trinajstić information content (AvgIpc) is 2.67. The Bertz CT molecular complexity index is 911. The highest BCUT2D eigenvalue weighted by Crippen LogP contribution is 2.46. The van der Waals surface area contributed by atoms with Crippen molar-refractivity contribution in [3.8, 4) is 11.8 Å². The molecule has 1 heterocycles. The smallest absolute Gasteiger partial charge is 0.159 e. The molecule has 2 aliphatic rings. The summed E-state index contributed by atoms with van der Waals surface area (Å²) in [6, 6.07) is 15.8. The van der Waals surface area contributed by atoms with Crippen molar-refractivity contribution in [1.29, 1.82) is 5.26 Å². The molecule has 1 saturated carbocycles. The number of hydrogen-bond donors (Lipinski definition) is 0. The number of nitrogens with zero attached hydrogens (tertiary/aromatic N) is 2. The number of benzene rings is 2. The monoisotopic (exact) mass is 374 g/mol. The topological polar surface area (TPSA) is 53.3 Å². The molecule has 2 aromatic rings. The highest BCUT2D eigenvalue weighted by atomic mass is 16.5. The number of carbonyl (C=O) groups excluding carboxylic acids is 1. The summed E-state index contributed by atoms with van der Waals surface area (Å²) in [4.78, 5) is 13.8. The highest BCUT2D eigenvalue weighted by Gasteiger charge is 2.45. The number of aryl methyl sites for hydroxylation is 1. The lowest BCUT2D eigenvalue weighted by Gasteiger charge is -2.54. The SMILES string of the molecule is CC(=O)c1ccc(OC2CCC3(CC2)CN(c2ccc(C#N)c(C)c2)C3)cc1. The van der Waals surface area contributed by atoms with Crippen molar-refractivity contribution in [2.45, 2.75) is 45.6 Å². The normalized spacial score (nSPS) is 18.4. The van der Waals surface area contributed by atoms with E-state index in [1.807, 2.05) is 37.3 Å². The minimum Gasteiger partial charge on any atom is -0.490 e. The van der Waals surface area contributed by atoms with Crippen molar-refractivity contribution in [2.24, 2.45) is 5.41 Å². The van der Waals surface area contributed by atoms with Crippen LogP contribution in [-0.2, 0) is 0 Å². The molecule has 1 spiro atoms. The lowest BCUT2D eigenvalue weighted by atomic mass is 9.67. The van der Waals surface area contributed by atoms with Gasteiger partial charge in [-0.25, -0.2) is 0 Å². The van der Waals surface area contributed by atoms with Crippen molar-refractivity contribution < 1.29 is 9.53 Å². The Kier molecular flexibility index (Phi) is 4.85. The Hall–Kier alpha value is -2.80. The van der Waals surface area contributed by atoms with Crippen LogP contribution in [0, 0.1) is 23.7 Å². The van der Waals surface area contributed by atoms with Gasteiger partial charge in [-0.05, 0) is 87.6 Å². The molecule has 4 rings (SSSR count). The number of ketones is 1. The maximum atomic E-state index is 11.4. The van der Waals surface area contributed by atoms with Gasteiger partial charge in [-0.1, -0.05) is 0 Å². The van der Waals surface area contributed by atoms with Crippen molar-refractivity contribution in [2.75, 3.05) is 18.0 Å². The quantitative estimate of drug-likeness (QED) is 0.715. The molecule has 1 aliphatic heterocycles. The number of nitriles is 1. The summed E-state index contributed by atoms with van der Waals surface area (Å²) in [7, 11) is 0. The van der Waals surface area contributed by atoms with E-state index >= 15 is 0 Å². The molecule has 1 saturated heterocycles. The van der Waals surface area contributed by atoms with Gasteiger partial charge < -0.3 is 9.64 Å². The fourth-order valence-corrected chi connectivity index (χ4v) is 4.51. The van der Waals surface area contributed by atoms with Gasteiger partial charge in [0.2, 0.25) is 0 Å². The van der Waals surface area contributed by atoms with E-state index in [2.05, 4.69) is 23.1 Å². The number of rotatable bonds is 4. The molecule has 0 amide bonds. The van der Waals surface area contributed by atoms with E-state index < -0.39 is 0 Å². The van der Waals surface area contributed by atoms with E-state index in [-0.39, 0.29) is 11.9 Å². The first-order valence-corrected chi connectivity index (χ1v) is 10.0. The maximum Gasteiger partial charge on any atom is 0.159 e. The molecule has 2 aromatic carbocycles. The van der Waals surface area contributed by atoms with Crippen LogP contribution in [0.1, 0.15) is 54.1 Å². The van der Waals surface area contributed by atoms with Gasteiger partial charge in [-0.15, -0.1) is 0 Å². The van der Waals surface area contributed by atoms with Crippen LogP contribution in [0.2, 0.25) is 0 Å². The molecule has 4 nitrogen and oxygen atoms in total. The van der Waals surface area contributed by atoms with Gasteiger partial charge in [-0.2, -0.15) is 5.26 Å². The lowest BCUT2D eigenvalue weighted by Crippen LogP contribution is -2.58. The first-order valence-electron chi connectivity index (χ1n) is 10.0. The zero-order valence-corrected chi connectivity index (χ0v) is 16.6. The Morgan fingerprint density at radius 1 is 1.14 bits per heavy atom. The number of Topliss-reactive ketones (excluding diaryl/α,β-unsaturated/α-hetero) is 1. The molecule has 2 fully saturated rings. The Morgan fingerprint density at radius 2 is 1.82 bits per heavy atom. The predicted molar refractivity (Wildman–Crippen MR) is 110 cm³/mol. The van der Waals surface area contributed by atoms with E-state index in [0.29, 0.717) is 5.41 Å². The van der Waals surface area contributed by atoms with Crippen LogP contribution in [0.3, 0.4) is 0 Å². The van der Waals surface area contributed by atoms with Crippen LogP contribution in [0.15, 0.2) is 42.5 Å². The Labute approximate surface area is 166 Å². The van der Waals surface area contributed by atoms with E-state index in [1.54, 1.807) is 6.92 Å². The first-order chi connectivity index (χ1) is 13.5. The zero-order chi connectivity index (χ0) is 19.7. The summed E-state index contributed by atoms with van der Waals surface area (Å²) in [5.74, 6) is 0.937. The van der Waals surface area contributed by atoms with Gasteiger partial charge in [-0.3, -0.25) is 4.79 Å². The van der Waals surface area contributed by atoms with Crippen LogP contribution >= 0.6 is 0 Å². The molecule has 144 valence electrons. The van der Waals surface area contributed by atoms with Crippen LogP contribution in [0.4, 0.5) is 5.69 Å². The van der Waals surface area contributed by atoms with Crippen molar-refractivity contribution in [3.63, 3.8) is 0 Å². The average molecular weight is 374 g/mol. The van der Waals surface area contributed by atoms with E-state index in [1.165, 1.54) is 18.5 Å². The number of carbonyl (C=O) groups is 1. The van der Waals surface area contributed by atoms with Gasteiger partial charge in [0.25, 0.3) is 0 Å². The van der Waals surface area contributed by atoms with Gasteiger partial charge in [0.1, 0.15) is 5.75 Å². The van der Waals surface area contributed by atoms with Gasteiger partial charge >= 0.3 is 0 Å². The molecule has 0 atom stereocenters. The number of hydrogen-bond acceptors (Lipinski definition) is 4. The third-order valence-corrected chi connectivity index (χ3v) is 6.31. The second-order valence-corrected chi connectivity index (χ2v) is 8.36. The summed E-state index contributed by atoms with van der Waals surface area (Å²) in [5.41, 5.74) is 4.18. The van der Waals surface area contributed by atoms with Crippen LogP contribution in [0.5, 0.6) is 5.75 Å². The molecule has 0 N–H and O–H groups in total. The van der Waals surface area contributed by atoms with E-state index in [0.717, 1.165) is 48.4 Å². The fourth-order valence-electron chi connectivity index (χ4n) is 4.51. The molecule has 1 aliphatic carbocycles. The summed E-state index contributed by atoms with van der Waals surface area (Å²) >= 11 is 0. The van der Waals surface area contributed by atoms with Gasteiger partial charge in [0.05, 0.1) is 17.7 Å². The molecule has 28 heavy (non-hydrogen) atoms. The Morgan fingerprint density at radius 3 is 2.39 bits per heavy atom.